The summed E-state index contributed by atoms with van der Waals surface area (Å²) in [5.74, 6) is 0. The van der Waals surface area contributed by atoms with E-state index in [1.165, 1.54) is 11.1 Å². The molecule has 2 nitrogen and oxygen atoms in total. The highest BCUT2D eigenvalue weighted by atomic mass is 15.0. The quantitative estimate of drug-likeness (QED) is 0.741. The van der Waals surface area contributed by atoms with Crippen LogP contribution in [-0.2, 0) is 6.54 Å². The zero-order chi connectivity index (χ0) is 10.5. The van der Waals surface area contributed by atoms with Crippen molar-refractivity contribution >= 4 is 6.08 Å². The summed E-state index contributed by atoms with van der Waals surface area (Å²) < 4.78 is 2.06. The lowest BCUT2D eigenvalue weighted by atomic mass is 10.1. The molecule has 0 spiro atoms. The highest BCUT2D eigenvalue weighted by molar-refractivity contribution is 5.49. The Morgan fingerprint density at radius 3 is 3.07 bits per heavy atom. The van der Waals surface area contributed by atoms with Crippen molar-refractivity contribution in [3.05, 3.63) is 60.2 Å². The van der Waals surface area contributed by atoms with Gasteiger partial charge in [-0.25, -0.2) is 4.98 Å². The standard InChI is InChI=1S/C13H14N2/c1-2-4-12-5-3-6-13(9-12)10-15-8-7-14-11-15/h2-9,11H,10H2,1H3/b4-2+. The van der Waals surface area contributed by atoms with Gasteiger partial charge in [-0.1, -0.05) is 30.4 Å². The monoisotopic (exact) mass is 198 g/mol. The van der Waals surface area contributed by atoms with Gasteiger partial charge >= 0.3 is 0 Å². The molecule has 2 aromatic rings. The van der Waals surface area contributed by atoms with Crippen molar-refractivity contribution in [1.82, 2.24) is 9.55 Å². The number of hydrogen-bond donors (Lipinski definition) is 0. The fourth-order valence-corrected chi connectivity index (χ4v) is 1.58. The smallest absolute Gasteiger partial charge is 0.0949 e. The molecule has 2 rings (SSSR count). The van der Waals surface area contributed by atoms with Crippen molar-refractivity contribution in [2.45, 2.75) is 13.5 Å². The Hall–Kier alpha value is -1.83. The summed E-state index contributed by atoms with van der Waals surface area (Å²) in [7, 11) is 0. The van der Waals surface area contributed by atoms with Crippen LogP contribution in [0.5, 0.6) is 0 Å². The van der Waals surface area contributed by atoms with Crippen LogP contribution in [0.3, 0.4) is 0 Å². The zero-order valence-electron chi connectivity index (χ0n) is 8.80. The Morgan fingerprint density at radius 1 is 1.40 bits per heavy atom. The fraction of sp³-hybridized carbons (Fsp3) is 0.154. The van der Waals surface area contributed by atoms with E-state index in [1.807, 2.05) is 19.4 Å². The Labute approximate surface area is 89.9 Å². The molecule has 76 valence electrons. The van der Waals surface area contributed by atoms with Crippen molar-refractivity contribution < 1.29 is 0 Å². The number of allylic oxidation sites excluding steroid dienone is 1. The summed E-state index contributed by atoms with van der Waals surface area (Å²) >= 11 is 0. The lowest BCUT2D eigenvalue weighted by molar-refractivity contribution is 0.797. The number of nitrogens with zero attached hydrogens (tertiary/aromatic N) is 2. The first-order valence-electron chi connectivity index (χ1n) is 5.06. The minimum Gasteiger partial charge on any atom is -0.333 e. The highest BCUT2D eigenvalue weighted by Crippen LogP contribution is 2.08. The largest absolute Gasteiger partial charge is 0.333 e. The van der Waals surface area contributed by atoms with E-state index in [2.05, 4.69) is 46.0 Å². The van der Waals surface area contributed by atoms with Crippen LogP contribution in [-0.4, -0.2) is 9.55 Å². The van der Waals surface area contributed by atoms with Gasteiger partial charge < -0.3 is 4.57 Å². The Bertz CT molecular complexity index is 441. The fourth-order valence-electron chi connectivity index (χ4n) is 1.58. The van der Waals surface area contributed by atoms with Crippen molar-refractivity contribution in [2.75, 3.05) is 0 Å². The highest BCUT2D eigenvalue weighted by Gasteiger charge is 1.94. The molecule has 0 amide bonds. The first-order chi connectivity index (χ1) is 7.38. The van der Waals surface area contributed by atoms with Gasteiger partial charge in [-0.15, -0.1) is 0 Å². The van der Waals surface area contributed by atoms with E-state index >= 15 is 0 Å². The molecule has 15 heavy (non-hydrogen) atoms. The third-order valence-electron chi connectivity index (χ3n) is 2.23. The average Bonchev–Trinajstić information content (AvgIpc) is 2.71. The van der Waals surface area contributed by atoms with E-state index in [4.69, 9.17) is 0 Å². The number of benzene rings is 1. The summed E-state index contributed by atoms with van der Waals surface area (Å²) in [6.45, 7) is 2.91. The zero-order valence-corrected chi connectivity index (χ0v) is 8.80. The first kappa shape index (κ1) is 9.71. The topological polar surface area (TPSA) is 17.8 Å². The summed E-state index contributed by atoms with van der Waals surface area (Å²) in [4.78, 5) is 4.03. The molecule has 0 aliphatic heterocycles. The van der Waals surface area contributed by atoms with Crippen LogP contribution in [0.2, 0.25) is 0 Å². The normalized spacial score (nSPS) is 11.0. The van der Waals surface area contributed by atoms with Gasteiger partial charge in [-0.3, -0.25) is 0 Å². The summed E-state index contributed by atoms with van der Waals surface area (Å²) in [5, 5.41) is 0. The van der Waals surface area contributed by atoms with Crippen LogP contribution in [0.4, 0.5) is 0 Å². The van der Waals surface area contributed by atoms with Crippen LogP contribution < -0.4 is 0 Å². The molecule has 2 heteroatoms. The lowest BCUT2D eigenvalue weighted by Crippen LogP contribution is -1.96. The minimum absolute atomic E-state index is 0.880. The number of imidazole rings is 1. The Balaban J connectivity index is 2.18. The Morgan fingerprint density at radius 2 is 2.33 bits per heavy atom. The second-order valence-corrected chi connectivity index (χ2v) is 3.48. The molecular weight excluding hydrogens is 184 g/mol. The molecule has 0 bridgehead atoms. The van der Waals surface area contributed by atoms with Crippen molar-refractivity contribution in [3.8, 4) is 0 Å². The molecule has 0 fully saturated rings. The molecule has 0 atom stereocenters. The van der Waals surface area contributed by atoms with Gasteiger partial charge in [0.25, 0.3) is 0 Å². The number of rotatable bonds is 3. The van der Waals surface area contributed by atoms with Gasteiger partial charge in [-0.2, -0.15) is 0 Å². The molecule has 0 N–H and O–H groups in total. The number of aromatic nitrogens is 2. The van der Waals surface area contributed by atoms with E-state index in [0.29, 0.717) is 0 Å². The van der Waals surface area contributed by atoms with Crippen LogP contribution in [0.1, 0.15) is 18.1 Å². The van der Waals surface area contributed by atoms with Crippen molar-refractivity contribution in [2.24, 2.45) is 0 Å². The summed E-state index contributed by atoms with van der Waals surface area (Å²) in [6, 6.07) is 8.52. The maximum absolute atomic E-state index is 4.03. The van der Waals surface area contributed by atoms with Crippen molar-refractivity contribution in [1.29, 1.82) is 0 Å². The first-order valence-corrected chi connectivity index (χ1v) is 5.06. The van der Waals surface area contributed by atoms with Crippen LogP contribution in [0.25, 0.3) is 6.08 Å². The third kappa shape index (κ3) is 2.56. The lowest BCUT2D eigenvalue weighted by Gasteiger charge is -2.03. The van der Waals surface area contributed by atoms with Crippen LogP contribution in [0.15, 0.2) is 49.1 Å². The van der Waals surface area contributed by atoms with E-state index in [1.54, 1.807) is 6.20 Å². The van der Waals surface area contributed by atoms with Gasteiger partial charge in [0.05, 0.1) is 6.33 Å². The summed E-state index contributed by atoms with van der Waals surface area (Å²) in [6.07, 6.45) is 9.77. The number of hydrogen-bond acceptors (Lipinski definition) is 1. The van der Waals surface area contributed by atoms with Gasteiger partial charge in [0, 0.05) is 18.9 Å². The predicted octanol–water partition coefficient (Wildman–Crippen LogP) is 2.96. The molecule has 0 aliphatic rings. The molecule has 1 aromatic heterocycles. The van der Waals surface area contributed by atoms with E-state index in [0.717, 1.165) is 6.54 Å². The van der Waals surface area contributed by atoms with E-state index in [9.17, 15) is 0 Å². The summed E-state index contributed by atoms with van der Waals surface area (Å²) in [5.41, 5.74) is 2.54. The molecule has 0 aliphatic carbocycles. The molecule has 1 heterocycles. The van der Waals surface area contributed by atoms with Crippen LogP contribution >= 0.6 is 0 Å². The Kier molecular flexibility index (Phi) is 2.98. The third-order valence-corrected chi connectivity index (χ3v) is 2.23. The second kappa shape index (κ2) is 4.60. The van der Waals surface area contributed by atoms with Gasteiger partial charge in [0.15, 0.2) is 0 Å². The van der Waals surface area contributed by atoms with Gasteiger partial charge in [0.2, 0.25) is 0 Å². The molecule has 0 saturated heterocycles. The molecule has 1 aromatic carbocycles. The SMILES string of the molecule is C/C=C/c1cccc(Cn2ccnc2)c1. The van der Waals surface area contributed by atoms with E-state index in [-0.39, 0.29) is 0 Å². The van der Waals surface area contributed by atoms with Gasteiger partial charge in [-0.05, 0) is 24.1 Å². The van der Waals surface area contributed by atoms with Gasteiger partial charge in [0.1, 0.15) is 0 Å². The maximum atomic E-state index is 4.03. The van der Waals surface area contributed by atoms with Crippen LogP contribution in [0, 0.1) is 0 Å². The van der Waals surface area contributed by atoms with Crippen molar-refractivity contribution in [3.63, 3.8) is 0 Å². The predicted molar refractivity (Wildman–Crippen MR) is 62.5 cm³/mol. The molecular formula is C13H14N2. The maximum Gasteiger partial charge on any atom is 0.0949 e. The molecule has 0 saturated carbocycles. The second-order valence-electron chi connectivity index (χ2n) is 3.48. The molecule has 0 radical (unpaired) electrons. The molecule has 0 unspecified atom stereocenters. The van der Waals surface area contributed by atoms with E-state index < -0.39 is 0 Å². The average molecular weight is 198 g/mol. The minimum atomic E-state index is 0.880.